The predicted octanol–water partition coefficient (Wildman–Crippen LogP) is 1.80. The van der Waals surface area contributed by atoms with Crippen molar-refractivity contribution in [3.8, 4) is 0 Å². The molecule has 0 aromatic heterocycles. The van der Waals surface area contributed by atoms with Crippen LogP contribution in [0.5, 0.6) is 0 Å². The summed E-state index contributed by atoms with van der Waals surface area (Å²) >= 11 is 0. The van der Waals surface area contributed by atoms with E-state index in [0.29, 0.717) is 18.3 Å². The number of fused-ring (bicyclic) bond motifs is 3. The van der Waals surface area contributed by atoms with Crippen molar-refractivity contribution in [1.82, 2.24) is 0 Å². The molecule has 26 heavy (non-hydrogen) atoms. The molecule has 3 saturated carbocycles. The Hall–Kier alpha value is -1.04. The average Bonchev–Trinajstić information content (AvgIpc) is 3.24. The fraction of sp³-hybridized carbons (Fsp3) is 0.810. The van der Waals surface area contributed by atoms with Gasteiger partial charge in [-0.05, 0) is 61.3 Å². The Labute approximate surface area is 153 Å². The summed E-state index contributed by atoms with van der Waals surface area (Å²) in [5.41, 5.74) is 0.344. The van der Waals surface area contributed by atoms with Crippen molar-refractivity contribution in [1.29, 1.82) is 0 Å². The molecule has 1 spiro atoms. The molecular weight excluding hydrogens is 332 g/mol. The van der Waals surface area contributed by atoms with Crippen molar-refractivity contribution >= 4 is 11.6 Å². The van der Waals surface area contributed by atoms with Crippen molar-refractivity contribution < 1.29 is 24.5 Å². The molecule has 4 fully saturated rings. The number of aliphatic hydroxyl groups excluding tert-OH is 2. The molecule has 0 aromatic carbocycles. The molecule has 2 N–H and O–H groups in total. The topological polar surface area (TPSA) is 87.1 Å². The lowest BCUT2D eigenvalue weighted by atomic mass is 9.46. The Morgan fingerprint density at radius 1 is 1.27 bits per heavy atom. The summed E-state index contributed by atoms with van der Waals surface area (Å²) in [6.07, 6.45) is 5.63. The van der Waals surface area contributed by atoms with Gasteiger partial charge in [-0.1, -0.05) is 19.4 Å². The minimum absolute atomic E-state index is 0.0243. The summed E-state index contributed by atoms with van der Waals surface area (Å²) in [4.78, 5) is 24.2. The highest BCUT2D eigenvalue weighted by atomic mass is 16.6. The quantitative estimate of drug-likeness (QED) is 0.579. The van der Waals surface area contributed by atoms with Crippen molar-refractivity contribution in [2.24, 2.45) is 28.6 Å². The third-order valence-electron chi connectivity index (χ3n) is 8.90. The first-order valence-corrected chi connectivity index (χ1v) is 10.0. The second-order valence-corrected chi connectivity index (χ2v) is 9.75. The number of epoxide rings is 1. The van der Waals surface area contributed by atoms with Crippen molar-refractivity contribution in [3.05, 3.63) is 11.6 Å². The number of hydrogen-bond donors (Lipinski definition) is 2. The summed E-state index contributed by atoms with van der Waals surface area (Å²) in [5, 5.41) is 20.2. The van der Waals surface area contributed by atoms with Gasteiger partial charge in [0.1, 0.15) is 5.60 Å². The van der Waals surface area contributed by atoms with Crippen LogP contribution in [0.15, 0.2) is 11.6 Å². The van der Waals surface area contributed by atoms with Crippen LogP contribution < -0.4 is 0 Å². The van der Waals surface area contributed by atoms with Gasteiger partial charge in [-0.3, -0.25) is 9.59 Å². The number of hydrogen-bond acceptors (Lipinski definition) is 5. The molecule has 1 heterocycles. The smallest absolute Gasteiger partial charge is 0.221 e. The van der Waals surface area contributed by atoms with Crippen LogP contribution in [0, 0.1) is 28.6 Å². The molecule has 1 saturated heterocycles. The van der Waals surface area contributed by atoms with Gasteiger partial charge in [-0.15, -0.1) is 0 Å². The minimum atomic E-state index is -0.382. The predicted molar refractivity (Wildman–Crippen MR) is 93.2 cm³/mol. The first-order chi connectivity index (χ1) is 12.3. The maximum Gasteiger partial charge on any atom is 0.221 e. The number of carbonyl (C=O) groups is 2. The van der Waals surface area contributed by atoms with E-state index in [2.05, 4.69) is 13.8 Å². The fourth-order valence-corrected chi connectivity index (χ4v) is 7.69. The molecule has 1 aliphatic heterocycles. The lowest BCUT2D eigenvalue weighted by Gasteiger charge is -2.55. The van der Waals surface area contributed by atoms with Crippen molar-refractivity contribution in [2.45, 2.75) is 70.2 Å². The Morgan fingerprint density at radius 3 is 2.77 bits per heavy atom. The van der Waals surface area contributed by atoms with E-state index < -0.39 is 0 Å². The summed E-state index contributed by atoms with van der Waals surface area (Å²) in [5.74, 6) is 0.119. The van der Waals surface area contributed by atoms with E-state index in [9.17, 15) is 19.8 Å². The molecule has 142 valence electrons. The van der Waals surface area contributed by atoms with Crippen LogP contribution in [0.25, 0.3) is 0 Å². The first-order valence-electron chi connectivity index (χ1n) is 10.0. The standard InChI is InChI=1S/C21H28O5/c1-19-10-18-21(26-18)12(14(19)8-15(23)13(19)5-6-22)4-3-11-7-16(24)17(25)9-20(11,21)2/h7,12-15,18,22-23H,3-6,8-10H2,1-2H3/t12-,13-,14-,15?,18?,19+,20-,21-/m0/s1. The largest absolute Gasteiger partial charge is 0.396 e. The maximum absolute atomic E-state index is 12.3. The number of Topliss-reactive ketones (excluding diaryl/α,β-unsaturated/α-hetero) is 1. The third-order valence-corrected chi connectivity index (χ3v) is 8.90. The molecule has 0 bridgehead atoms. The second kappa shape index (κ2) is 5.06. The number of ether oxygens (including phenoxy) is 1. The van der Waals surface area contributed by atoms with Gasteiger partial charge >= 0.3 is 0 Å². The van der Waals surface area contributed by atoms with Gasteiger partial charge in [0.25, 0.3) is 0 Å². The Bertz CT molecular complexity index is 728. The third kappa shape index (κ3) is 1.78. The van der Waals surface area contributed by atoms with E-state index in [1.807, 2.05) is 0 Å². The van der Waals surface area contributed by atoms with Gasteiger partial charge in [0.05, 0.1) is 12.2 Å². The molecule has 4 aliphatic carbocycles. The lowest BCUT2D eigenvalue weighted by Crippen LogP contribution is -2.58. The molecular formula is C21H28O5. The van der Waals surface area contributed by atoms with E-state index in [0.717, 1.165) is 31.3 Å². The zero-order chi connectivity index (χ0) is 18.5. The van der Waals surface area contributed by atoms with Crippen LogP contribution in [0.1, 0.15) is 52.4 Å². The number of ketones is 2. The van der Waals surface area contributed by atoms with Crippen LogP contribution in [0.3, 0.4) is 0 Å². The van der Waals surface area contributed by atoms with Crippen molar-refractivity contribution in [3.63, 3.8) is 0 Å². The maximum atomic E-state index is 12.3. The monoisotopic (exact) mass is 360 g/mol. The summed E-state index contributed by atoms with van der Waals surface area (Å²) in [7, 11) is 0. The minimum Gasteiger partial charge on any atom is -0.396 e. The summed E-state index contributed by atoms with van der Waals surface area (Å²) in [6.45, 7) is 4.49. The van der Waals surface area contributed by atoms with Gasteiger partial charge in [0.15, 0.2) is 0 Å². The van der Waals surface area contributed by atoms with Crippen molar-refractivity contribution in [2.75, 3.05) is 6.61 Å². The van der Waals surface area contributed by atoms with E-state index >= 15 is 0 Å². The van der Waals surface area contributed by atoms with Gasteiger partial charge in [0, 0.05) is 18.4 Å². The Kier molecular flexibility index (Phi) is 3.33. The zero-order valence-electron chi connectivity index (χ0n) is 15.5. The summed E-state index contributed by atoms with van der Waals surface area (Å²) < 4.78 is 6.44. The van der Waals surface area contributed by atoms with Gasteiger partial charge in [-0.25, -0.2) is 0 Å². The van der Waals surface area contributed by atoms with Crippen LogP contribution in [0.2, 0.25) is 0 Å². The van der Waals surface area contributed by atoms with Crippen LogP contribution in [-0.4, -0.2) is 46.2 Å². The van der Waals surface area contributed by atoms with Crippen LogP contribution in [-0.2, 0) is 14.3 Å². The number of carbonyl (C=O) groups excluding carboxylic acids is 2. The molecule has 0 radical (unpaired) electrons. The fourth-order valence-electron chi connectivity index (χ4n) is 7.69. The molecule has 0 amide bonds. The molecule has 5 heteroatoms. The highest BCUT2D eigenvalue weighted by molar-refractivity contribution is 6.42. The van der Waals surface area contributed by atoms with Crippen LogP contribution >= 0.6 is 0 Å². The van der Waals surface area contributed by atoms with E-state index in [-0.39, 0.29) is 59.2 Å². The van der Waals surface area contributed by atoms with Crippen LogP contribution in [0.4, 0.5) is 0 Å². The first kappa shape index (κ1) is 17.1. The van der Waals surface area contributed by atoms with E-state index in [1.54, 1.807) is 6.08 Å². The Morgan fingerprint density at radius 2 is 2.04 bits per heavy atom. The second-order valence-electron chi connectivity index (χ2n) is 9.75. The molecule has 0 aromatic rings. The highest BCUT2D eigenvalue weighted by Gasteiger charge is 2.80. The highest BCUT2D eigenvalue weighted by Crippen LogP contribution is 2.75. The molecule has 5 nitrogen and oxygen atoms in total. The molecule has 5 aliphatic rings. The molecule has 2 unspecified atom stereocenters. The lowest BCUT2D eigenvalue weighted by molar-refractivity contribution is -0.138. The molecule has 8 atom stereocenters. The molecule has 5 rings (SSSR count). The average molecular weight is 360 g/mol. The van der Waals surface area contributed by atoms with E-state index in [1.165, 1.54) is 0 Å². The SMILES string of the molecule is C[C@]12CC3O[C@@]34[C@@H](CCC3=CC(=O)C(=O)C[C@@]34C)[C@@H]1CC(O)[C@@H]2CCO. The Balaban J connectivity index is 1.56. The normalized spacial score (nSPS) is 54.8. The summed E-state index contributed by atoms with van der Waals surface area (Å²) in [6, 6.07) is 0. The zero-order valence-corrected chi connectivity index (χ0v) is 15.5. The van der Waals surface area contributed by atoms with Gasteiger partial charge in [-0.2, -0.15) is 0 Å². The number of aliphatic hydroxyl groups is 2. The van der Waals surface area contributed by atoms with Gasteiger partial charge in [0.2, 0.25) is 11.6 Å². The van der Waals surface area contributed by atoms with Gasteiger partial charge < -0.3 is 14.9 Å². The number of rotatable bonds is 2. The van der Waals surface area contributed by atoms with E-state index in [4.69, 9.17) is 4.74 Å².